The number of H-pyrrole nitrogens is 1. The van der Waals surface area contributed by atoms with Gasteiger partial charge in [-0.05, 0) is 24.6 Å². The summed E-state index contributed by atoms with van der Waals surface area (Å²) in [5.41, 5.74) is -0.656. The maximum absolute atomic E-state index is 12.8. The van der Waals surface area contributed by atoms with Crippen LogP contribution < -0.4 is 10.5 Å². The molecule has 0 aliphatic heterocycles. The van der Waals surface area contributed by atoms with Crippen molar-refractivity contribution in [2.24, 2.45) is 0 Å². The summed E-state index contributed by atoms with van der Waals surface area (Å²) in [7, 11) is 3.37. The molecule has 0 aliphatic carbocycles. The number of hydrogen-bond acceptors (Lipinski definition) is 5. The molecule has 0 aliphatic rings. The lowest BCUT2D eigenvalue weighted by Gasteiger charge is -2.16. The second kappa shape index (κ2) is 6.53. The number of rotatable bonds is 4. The molecule has 0 radical (unpaired) electrons. The number of alkyl halides is 3. The number of aromatic nitrogens is 4. The van der Waals surface area contributed by atoms with Crippen molar-refractivity contribution in [2.45, 2.75) is 19.1 Å². The first-order chi connectivity index (χ1) is 12.6. The number of aldehydes is 1. The number of carbonyl (C=O) groups excluding carboxylic acids is 1. The first kappa shape index (κ1) is 18.6. The number of fused-ring (bicyclic) bond motifs is 1. The van der Waals surface area contributed by atoms with Crippen LogP contribution in [0.3, 0.4) is 0 Å². The number of anilines is 1. The molecule has 3 rings (SSSR count). The predicted octanol–water partition coefficient (Wildman–Crippen LogP) is 2.63. The normalized spacial score (nSPS) is 13.0. The van der Waals surface area contributed by atoms with E-state index in [1.54, 1.807) is 25.9 Å². The zero-order valence-electron chi connectivity index (χ0n) is 14.7. The van der Waals surface area contributed by atoms with E-state index in [1.807, 2.05) is 0 Å². The van der Waals surface area contributed by atoms with Crippen LogP contribution in [-0.2, 0) is 6.18 Å². The minimum absolute atomic E-state index is 0.0364. The number of carbonyl (C=O) groups is 1. The highest BCUT2D eigenvalue weighted by Crippen LogP contribution is 2.31. The molecule has 7 nitrogen and oxygen atoms in total. The second-order valence-electron chi connectivity index (χ2n) is 6.23. The number of nitrogens with zero attached hydrogens (tertiary/aromatic N) is 4. The van der Waals surface area contributed by atoms with Crippen LogP contribution in [0, 0.1) is 0 Å². The van der Waals surface area contributed by atoms with E-state index < -0.39 is 23.3 Å². The smallest absolute Gasteiger partial charge is 0.348 e. The molecule has 1 N–H and O–H groups in total. The lowest BCUT2D eigenvalue weighted by atomic mass is 10.1. The number of benzene rings is 1. The fourth-order valence-corrected chi connectivity index (χ4v) is 2.72. The Balaban J connectivity index is 2.15. The second-order valence-corrected chi connectivity index (χ2v) is 6.23. The molecule has 0 saturated heterocycles. The van der Waals surface area contributed by atoms with Crippen LogP contribution in [0.2, 0.25) is 0 Å². The third-order valence-electron chi connectivity index (χ3n) is 4.20. The number of nitrogens with one attached hydrogen (secondary N) is 1. The van der Waals surface area contributed by atoms with Crippen molar-refractivity contribution >= 4 is 23.3 Å². The van der Waals surface area contributed by atoms with Crippen molar-refractivity contribution in [3.8, 4) is 0 Å². The van der Waals surface area contributed by atoms with Crippen molar-refractivity contribution in [1.29, 1.82) is 0 Å². The Labute approximate surface area is 151 Å². The number of halogens is 3. The van der Waals surface area contributed by atoms with Gasteiger partial charge in [-0.2, -0.15) is 23.3 Å². The van der Waals surface area contributed by atoms with Gasteiger partial charge in [0.1, 0.15) is 11.1 Å². The zero-order valence-corrected chi connectivity index (χ0v) is 14.7. The highest BCUT2D eigenvalue weighted by molar-refractivity contribution is 5.93. The lowest BCUT2D eigenvalue weighted by Crippen LogP contribution is -2.20. The fraction of sp³-hybridized carbons (Fsp3) is 0.294. The fourth-order valence-electron chi connectivity index (χ4n) is 2.72. The molecular weight excluding hydrogens is 363 g/mol. The van der Waals surface area contributed by atoms with Crippen LogP contribution in [0.5, 0.6) is 0 Å². The summed E-state index contributed by atoms with van der Waals surface area (Å²) in [6, 6.07) is 4.07. The van der Waals surface area contributed by atoms with Crippen LogP contribution in [-0.4, -0.2) is 40.1 Å². The van der Waals surface area contributed by atoms with Gasteiger partial charge in [0, 0.05) is 14.1 Å². The van der Waals surface area contributed by atoms with E-state index >= 15 is 0 Å². The van der Waals surface area contributed by atoms with Gasteiger partial charge in [0.15, 0.2) is 11.9 Å². The third kappa shape index (κ3) is 3.29. The van der Waals surface area contributed by atoms with Crippen LogP contribution in [0.1, 0.15) is 34.6 Å². The van der Waals surface area contributed by atoms with Crippen LogP contribution >= 0.6 is 0 Å². The van der Waals surface area contributed by atoms with Crippen molar-refractivity contribution in [3.05, 3.63) is 51.4 Å². The Morgan fingerprint density at radius 3 is 2.37 bits per heavy atom. The summed E-state index contributed by atoms with van der Waals surface area (Å²) in [5.74, 6) is 0.269. The Kier molecular flexibility index (Phi) is 4.50. The van der Waals surface area contributed by atoms with Gasteiger partial charge in [-0.25, -0.2) is 4.68 Å². The topological polar surface area (TPSA) is 83.9 Å². The molecular formula is C17H16F3N5O2. The van der Waals surface area contributed by atoms with Crippen molar-refractivity contribution in [3.63, 3.8) is 0 Å². The Bertz CT molecular complexity index is 1050. The molecule has 1 atom stereocenters. The first-order valence-electron chi connectivity index (χ1n) is 7.95. The largest absolute Gasteiger partial charge is 0.416 e. The molecule has 142 valence electrons. The highest BCUT2D eigenvalue weighted by Gasteiger charge is 2.30. The third-order valence-corrected chi connectivity index (χ3v) is 4.20. The summed E-state index contributed by atoms with van der Waals surface area (Å²) >= 11 is 0. The maximum Gasteiger partial charge on any atom is 0.416 e. The summed E-state index contributed by atoms with van der Waals surface area (Å²) in [6.45, 7) is 1.70. The van der Waals surface area contributed by atoms with E-state index in [0.29, 0.717) is 11.8 Å². The van der Waals surface area contributed by atoms with Gasteiger partial charge < -0.3 is 4.90 Å². The SMILES string of the molecule is C[C@@H](c1ccc(C(F)(F)F)cc1)n1nc(C=O)c2c(=O)[nH]c(N(C)C)nc21. The van der Waals surface area contributed by atoms with Crippen molar-refractivity contribution in [1.82, 2.24) is 19.7 Å². The molecule has 0 bridgehead atoms. The van der Waals surface area contributed by atoms with Crippen molar-refractivity contribution in [2.75, 3.05) is 19.0 Å². The molecule has 0 saturated carbocycles. The maximum atomic E-state index is 12.8. The highest BCUT2D eigenvalue weighted by atomic mass is 19.4. The Morgan fingerprint density at radius 2 is 1.85 bits per heavy atom. The Morgan fingerprint density at radius 1 is 1.22 bits per heavy atom. The van der Waals surface area contributed by atoms with Crippen LogP contribution in [0.15, 0.2) is 29.1 Å². The summed E-state index contributed by atoms with van der Waals surface area (Å²) in [6.07, 6.45) is -3.98. The van der Waals surface area contributed by atoms with Gasteiger partial charge in [0.05, 0.1) is 11.6 Å². The minimum atomic E-state index is -4.43. The molecule has 0 fully saturated rings. The molecule has 0 unspecified atom stereocenters. The van der Waals surface area contributed by atoms with Crippen LogP contribution in [0.25, 0.3) is 11.0 Å². The molecule has 0 amide bonds. The molecule has 3 aromatic rings. The minimum Gasteiger partial charge on any atom is -0.348 e. The molecule has 2 heterocycles. The molecule has 27 heavy (non-hydrogen) atoms. The monoisotopic (exact) mass is 379 g/mol. The number of hydrogen-bond donors (Lipinski definition) is 1. The van der Waals surface area contributed by atoms with Gasteiger partial charge in [-0.15, -0.1) is 0 Å². The van der Waals surface area contributed by atoms with E-state index in [-0.39, 0.29) is 22.7 Å². The standard InChI is InChI=1S/C17H16F3N5O2/c1-9(10-4-6-11(7-5-10)17(18,19)20)25-14-13(12(8-26)23-25)15(27)22-16(21-14)24(2)3/h4-9H,1-3H3,(H,21,22,27)/t9-/m0/s1. The van der Waals surface area contributed by atoms with Gasteiger partial charge in [-0.3, -0.25) is 14.6 Å². The van der Waals surface area contributed by atoms with Gasteiger partial charge in [0.25, 0.3) is 5.56 Å². The van der Waals surface area contributed by atoms with Crippen molar-refractivity contribution < 1.29 is 18.0 Å². The van der Waals surface area contributed by atoms with Gasteiger partial charge in [0.2, 0.25) is 5.95 Å². The summed E-state index contributed by atoms with van der Waals surface area (Å²) in [4.78, 5) is 32.2. The van der Waals surface area contributed by atoms with E-state index in [4.69, 9.17) is 0 Å². The van der Waals surface area contributed by atoms with E-state index in [0.717, 1.165) is 12.1 Å². The molecule has 0 spiro atoms. The predicted molar refractivity (Wildman–Crippen MR) is 93.1 cm³/mol. The average molecular weight is 379 g/mol. The number of aromatic amines is 1. The zero-order chi connectivity index (χ0) is 19.9. The van der Waals surface area contributed by atoms with Crippen LogP contribution in [0.4, 0.5) is 19.1 Å². The lowest BCUT2D eigenvalue weighted by molar-refractivity contribution is -0.137. The Hall–Kier alpha value is -3.17. The van der Waals surface area contributed by atoms with Gasteiger partial charge in [-0.1, -0.05) is 12.1 Å². The molecule has 10 heteroatoms. The van der Waals surface area contributed by atoms with E-state index in [1.165, 1.54) is 16.8 Å². The van der Waals surface area contributed by atoms with Gasteiger partial charge >= 0.3 is 6.18 Å². The molecule has 2 aromatic heterocycles. The summed E-state index contributed by atoms with van der Waals surface area (Å²) in [5, 5.41) is 4.18. The first-order valence-corrected chi connectivity index (χ1v) is 7.95. The summed E-state index contributed by atoms with van der Waals surface area (Å²) < 4.78 is 39.6. The van der Waals surface area contributed by atoms with E-state index in [9.17, 15) is 22.8 Å². The van der Waals surface area contributed by atoms with E-state index in [2.05, 4.69) is 15.1 Å². The quantitative estimate of drug-likeness (QED) is 0.705. The average Bonchev–Trinajstić information content (AvgIpc) is 2.99. The molecule has 1 aromatic carbocycles.